The van der Waals surface area contributed by atoms with Crippen LogP contribution in [0, 0.1) is 0 Å². The van der Waals surface area contributed by atoms with E-state index in [4.69, 9.17) is 0 Å². The van der Waals surface area contributed by atoms with Crippen molar-refractivity contribution in [1.29, 1.82) is 0 Å². The molecule has 0 aromatic carbocycles. The topological polar surface area (TPSA) is 57.7 Å². The molecule has 0 fully saturated rings. The van der Waals surface area contributed by atoms with E-state index < -0.39 is 0 Å². The lowest BCUT2D eigenvalue weighted by Gasteiger charge is -2.27. The molecule has 3 aromatic heterocycles. The number of aromatic nitrogens is 4. The van der Waals surface area contributed by atoms with Crippen LogP contribution in [0.1, 0.15) is 32.0 Å². The first-order chi connectivity index (χ1) is 12.0. The van der Waals surface area contributed by atoms with E-state index in [0.717, 1.165) is 34.8 Å². The summed E-state index contributed by atoms with van der Waals surface area (Å²) in [5.41, 5.74) is 3.21. The van der Waals surface area contributed by atoms with Crippen molar-refractivity contribution in [1.82, 2.24) is 19.9 Å². The molecule has 5 nitrogen and oxygen atoms in total. The zero-order chi connectivity index (χ0) is 17.4. The average Bonchev–Trinajstić information content (AvgIpc) is 3.10. The van der Waals surface area contributed by atoms with Crippen LogP contribution in [0.25, 0.3) is 15.9 Å². The van der Waals surface area contributed by atoms with Crippen LogP contribution in [-0.4, -0.2) is 32.2 Å². The number of nitrogens with zero attached hydrogens (tertiary/aromatic N) is 4. The minimum Gasteiger partial charge on any atom is -0.346 e. The Morgan fingerprint density at radius 1 is 1.16 bits per heavy atom. The Morgan fingerprint density at radius 3 is 2.88 bits per heavy atom. The van der Waals surface area contributed by atoms with Gasteiger partial charge in [-0.05, 0) is 12.1 Å². The molecule has 0 spiro atoms. The van der Waals surface area contributed by atoms with E-state index in [2.05, 4.69) is 70.0 Å². The monoisotopic (exact) mass is 351 g/mol. The fourth-order valence-corrected chi connectivity index (χ4v) is 3.96. The molecule has 0 bridgehead atoms. The lowest BCUT2D eigenvalue weighted by atomic mass is 9.92. The fourth-order valence-electron chi connectivity index (χ4n) is 2.92. The quantitative estimate of drug-likeness (QED) is 0.750. The highest BCUT2D eigenvalue weighted by molar-refractivity contribution is 8.08. The van der Waals surface area contributed by atoms with E-state index in [0.29, 0.717) is 0 Å². The molecule has 0 saturated heterocycles. The Balaban J connectivity index is 1.73. The zero-order valence-corrected chi connectivity index (χ0v) is 15.5. The Bertz CT molecular complexity index is 938. The maximum absolute atomic E-state index is 4.50. The molecule has 4 rings (SSSR count). The number of hydrogen-bond acceptors (Lipinski definition) is 5. The summed E-state index contributed by atoms with van der Waals surface area (Å²) in [5, 5.41) is 1.15. The first-order valence-electron chi connectivity index (χ1n) is 8.38. The Hall–Kier alpha value is -2.34. The SMILES string of the molecule is CC(C)(C)c1cc(N2C=C(c3ccnc4[nH]ccc34)SCC2)ncn1. The lowest BCUT2D eigenvalue weighted by molar-refractivity contribution is 0.566. The van der Waals surface area contributed by atoms with Crippen LogP contribution in [0.2, 0.25) is 0 Å². The molecule has 0 radical (unpaired) electrons. The van der Waals surface area contributed by atoms with Gasteiger partial charge in [-0.1, -0.05) is 20.8 Å². The van der Waals surface area contributed by atoms with Crippen LogP contribution >= 0.6 is 11.8 Å². The summed E-state index contributed by atoms with van der Waals surface area (Å²) in [6.45, 7) is 7.46. The number of thioether (sulfide) groups is 1. The van der Waals surface area contributed by atoms with Gasteiger partial charge < -0.3 is 9.88 Å². The second kappa shape index (κ2) is 6.19. The summed E-state index contributed by atoms with van der Waals surface area (Å²) in [7, 11) is 0. The van der Waals surface area contributed by atoms with Gasteiger partial charge in [0.15, 0.2) is 0 Å². The largest absolute Gasteiger partial charge is 0.346 e. The number of pyridine rings is 1. The van der Waals surface area contributed by atoms with Crippen molar-refractivity contribution in [3.8, 4) is 0 Å². The van der Waals surface area contributed by atoms with Crippen molar-refractivity contribution in [3.63, 3.8) is 0 Å². The number of rotatable bonds is 2. The molecular weight excluding hydrogens is 330 g/mol. The molecule has 1 aliphatic rings. The second-order valence-electron chi connectivity index (χ2n) is 7.15. The summed E-state index contributed by atoms with van der Waals surface area (Å²) >= 11 is 1.88. The van der Waals surface area contributed by atoms with E-state index in [1.165, 1.54) is 10.5 Å². The van der Waals surface area contributed by atoms with Crippen molar-refractivity contribution in [2.45, 2.75) is 26.2 Å². The molecule has 0 aliphatic carbocycles. The summed E-state index contributed by atoms with van der Waals surface area (Å²) < 4.78 is 0. The van der Waals surface area contributed by atoms with Crippen molar-refractivity contribution in [3.05, 3.63) is 54.4 Å². The van der Waals surface area contributed by atoms with Gasteiger partial charge in [0, 0.05) is 58.2 Å². The van der Waals surface area contributed by atoms with Crippen molar-refractivity contribution < 1.29 is 0 Å². The highest BCUT2D eigenvalue weighted by Crippen LogP contribution is 2.36. The summed E-state index contributed by atoms with van der Waals surface area (Å²) in [4.78, 5) is 20.0. The fraction of sp³-hybridized carbons (Fsp3) is 0.316. The third-order valence-electron chi connectivity index (χ3n) is 4.30. The first-order valence-corrected chi connectivity index (χ1v) is 9.37. The third kappa shape index (κ3) is 3.14. The highest BCUT2D eigenvalue weighted by Gasteiger charge is 2.20. The first kappa shape index (κ1) is 16.1. The summed E-state index contributed by atoms with van der Waals surface area (Å²) in [5.74, 6) is 1.98. The van der Waals surface area contributed by atoms with Crippen molar-refractivity contribution >= 4 is 33.5 Å². The predicted molar refractivity (Wildman–Crippen MR) is 105 cm³/mol. The van der Waals surface area contributed by atoms with Gasteiger partial charge in [-0.3, -0.25) is 0 Å². The lowest BCUT2D eigenvalue weighted by Crippen LogP contribution is -2.25. The second-order valence-corrected chi connectivity index (χ2v) is 8.28. The van der Waals surface area contributed by atoms with Crippen LogP contribution in [0.15, 0.2) is 43.1 Å². The Morgan fingerprint density at radius 2 is 2.04 bits per heavy atom. The van der Waals surface area contributed by atoms with Gasteiger partial charge >= 0.3 is 0 Å². The van der Waals surface area contributed by atoms with Crippen molar-refractivity contribution in [2.24, 2.45) is 0 Å². The normalized spacial score (nSPS) is 15.5. The molecule has 6 heteroatoms. The van der Waals surface area contributed by atoms with Gasteiger partial charge in [-0.2, -0.15) is 0 Å². The van der Waals surface area contributed by atoms with Gasteiger partial charge in [-0.15, -0.1) is 11.8 Å². The van der Waals surface area contributed by atoms with Crippen LogP contribution in [0.4, 0.5) is 5.82 Å². The van der Waals surface area contributed by atoms with E-state index >= 15 is 0 Å². The molecule has 25 heavy (non-hydrogen) atoms. The molecule has 128 valence electrons. The molecule has 4 heterocycles. The number of fused-ring (bicyclic) bond motifs is 1. The van der Waals surface area contributed by atoms with E-state index in [1.54, 1.807) is 6.33 Å². The van der Waals surface area contributed by atoms with Gasteiger partial charge in [0.2, 0.25) is 0 Å². The maximum Gasteiger partial charge on any atom is 0.137 e. The predicted octanol–water partition coefficient (Wildman–Crippen LogP) is 4.20. The van der Waals surface area contributed by atoms with E-state index in [1.807, 2.05) is 24.2 Å². The maximum atomic E-state index is 4.50. The van der Waals surface area contributed by atoms with Crippen LogP contribution in [0.5, 0.6) is 0 Å². The Kier molecular flexibility index (Phi) is 4.00. The number of nitrogens with one attached hydrogen (secondary N) is 1. The minimum absolute atomic E-state index is 0.0111. The van der Waals surface area contributed by atoms with Gasteiger partial charge in [-0.25, -0.2) is 15.0 Å². The van der Waals surface area contributed by atoms with Gasteiger partial charge in [0.1, 0.15) is 17.8 Å². The van der Waals surface area contributed by atoms with Gasteiger partial charge in [0.05, 0.1) is 5.69 Å². The smallest absolute Gasteiger partial charge is 0.137 e. The molecule has 1 aliphatic heterocycles. The van der Waals surface area contributed by atoms with E-state index in [-0.39, 0.29) is 5.41 Å². The van der Waals surface area contributed by atoms with Crippen LogP contribution in [0.3, 0.4) is 0 Å². The minimum atomic E-state index is 0.0111. The Labute approximate surface area is 151 Å². The highest BCUT2D eigenvalue weighted by atomic mass is 32.2. The van der Waals surface area contributed by atoms with Crippen LogP contribution in [-0.2, 0) is 5.41 Å². The zero-order valence-electron chi connectivity index (χ0n) is 14.7. The molecule has 0 atom stereocenters. The number of H-pyrrole nitrogens is 1. The molecule has 0 unspecified atom stereocenters. The van der Waals surface area contributed by atoms with E-state index in [9.17, 15) is 0 Å². The molecule has 1 N–H and O–H groups in total. The number of hydrogen-bond donors (Lipinski definition) is 1. The number of aromatic amines is 1. The third-order valence-corrected chi connectivity index (χ3v) is 5.33. The van der Waals surface area contributed by atoms with Crippen LogP contribution < -0.4 is 4.90 Å². The van der Waals surface area contributed by atoms with Crippen molar-refractivity contribution in [2.75, 3.05) is 17.2 Å². The standard InChI is InChI=1S/C19H21N5S/c1-19(2,3)16-10-17(23-12-22-16)24-8-9-25-15(11-24)13-4-6-20-18-14(13)5-7-21-18/h4-7,10-12H,8-9H2,1-3H3,(H,20,21). The van der Waals surface area contributed by atoms with Gasteiger partial charge in [0.25, 0.3) is 0 Å². The molecule has 0 saturated carbocycles. The molecule has 0 amide bonds. The molecule has 3 aromatic rings. The molecular formula is C19H21N5S. The summed E-state index contributed by atoms with van der Waals surface area (Å²) in [6.07, 6.45) is 7.66. The average molecular weight is 351 g/mol. The summed E-state index contributed by atoms with van der Waals surface area (Å²) in [6, 6.07) is 6.27. The number of anilines is 1.